The van der Waals surface area contributed by atoms with Gasteiger partial charge in [-0.1, -0.05) is 42.5 Å². The quantitative estimate of drug-likeness (QED) is 0.548. The van der Waals surface area contributed by atoms with Gasteiger partial charge in [0.2, 0.25) is 0 Å². The lowest BCUT2D eigenvalue weighted by Crippen LogP contribution is -2.31. The monoisotopic (exact) mass is 327 g/mol. The maximum absolute atomic E-state index is 11.8. The zero-order valence-corrected chi connectivity index (χ0v) is 14.1. The number of carbonyl (C=O) groups is 1. The number of nitrogens with zero attached hydrogens (tertiary/aromatic N) is 1. The van der Waals surface area contributed by atoms with Gasteiger partial charge in [-0.3, -0.25) is 4.79 Å². The molecular formula is C19H25N3O2. The van der Waals surface area contributed by atoms with Gasteiger partial charge < -0.3 is 20.7 Å². The van der Waals surface area contributed by atoms with Gasteiger partial charge >= 0.3 is 0 Å². The summed E-state index contributed by atoms with van der Waals surface area (Å²) in [7, 11) is 2.08. The number of nitrogens with one attached hydrogen (secondary N) is 1. The molecule has 0 aliphatic carbocycles. The molecule has 0 unspecified atom stereocenters. The summed E-state index contributed by atoms with van der Waals surface area (Å²) in [5, 5.41) is 2.86. The molecule has 24 heavy (non-hydrogen) atoms. The van der Waals surface area contributed by atoms with E-state index < -0.39 is 0 Å². The van der Waals surface area contributed by atoms with Crippen LogP contribution in [0.2, 0.25) is 0 Å². The number of carbonyl (C=O) groups excluding carboxylic acids is 1. The van der Waals surface area contributed by atoms with Gasteiger partial charge in [-0.2, -0.15) is 0 Å². The van der Waals surface area contributed by atoms with Crippen LogP contribution in [0.15, 0.2) is 54.6 Å². The van der Waals surface area contributed by atoms with E-state index in [2.05, 4.69) is 29.4 Å². The van der Waals surface area contributed by atoms with E-state index in [1.165, 1.54) is 5.56 Å². The Labute approximate surface area is 143 Å². The zero-order valence-electron chi connectivity index (χ0n) is 14.1. The van der Waals surface area contributed by atoms with Gasteiger partial charge in [0.25, 0.3) is 5.91 Å². The largest absolute Gasteiger partial charge is 0.482 e. The number of amides is 1. The topological polar surface area (TPSA) is 67.6 Å². The number of nitrogen functional groups attached to an aromatic ring is 1. The van der Waals surface area contributed by atoms with Crippen molar-refractivity contribution in [2.24, 2.45) is 0 Å². The van der Waals surface area contributed by atoms with Crippen LogP contribution in [-0.4, -0.2) is 37.6 Å². The molecule has 2 aromatic rings. The molecule has 0 fully saturated rings. The van der Waals surface area contributed by atoms with Crippen molar-refractivity contribution in [1.82, 2.24) is 10.2 Å². The van der Waals surface area contributed by atoms with Crippen LogP contribution in [0.5, 0.6) is 5.75 Å². The molecular weight excluding hydrogens is 302 g/mol. The van der Waals surface area contributed by atoms with Gasteiger partial charge in [0.1, 0.15) is 5.75 Å². The normalized spacial score (nSPS) is 10.6. The first-order valence-corrected chi connectivity index (χ1v) is 8.11. The highest BCUT2D eigenvalue weighted by atomic mass is 16.5. The molecule has 5 nitrogen and oxygen atoms in total. The van der Waals surface area contributed by atoms with E-state index in [1.807, 2.05) is 30.3 Å². The second-order valence-corrected chi connectivity index (χ2v) is 5.75. The third kappa shape index (κ3) is 6.30. The molecule has 2 rings (SSSR count). The van der Waals surface area contributed by atoms with E-state index in [0.717, 1.165) is 19.5 Å². The minimum atomic E-state index is -0.135. The Kier molecular flexibility index (Phi) is 7.11. The number of hydrogen-bond donors (Lipinski definition) is 2. The molecule has 0 saturated heterocycles. The number of benzene rings is 2. The Morgan fingerprint density at radius 1 is 1.12 bits per heavy atom. The van der Waals surface area contributed by atoms with Crippen molar-refractivity contribution in [3.63, 3.8) is 0 Å². The van der Waals surface area contributed by atoms with Crippen LogP contribution < -0.4 is 15.8 Å². The molecule has 0 aliphatic heterocycles. The van der Waals surface area contributed by atoms with Crippen LogP contribution in [-0.2, 0) is 11.3 Å². The highest BCUT2D eigenvalue weighted by Crippen LogP contribution is 2.19. The van der Waals surface area contributed by atoms with E-state index in [4.69, 9.17) is 10.5 Å². The molecule has 0 aliphatic rings. The molecule has 0 spiro atoms. The Balaban J connectivity index is 1.58. The molecule has 5 heteroatoms. The fourth-order valence-electron chi connectivity index (χ4n) is 2.36. The van der Waals surface area contributed by atoms with E-state index in [-0.39, 0.29) is 12.5 Å². The Morgan fingerprint density at radius 2 is 1.83 bits per heavy atom. The minimum Gasteiger partial charge on any atom is -0.482 e. The standard InChI is InChI=1S/C19H25N3O2/c1-22(14-16-8-3-2-4-9-16)13-7-12-21-19(23)15-24-18-11-6-5-10-17(18)20/h2-6,8-11H,7,12-15,20H2,1H3,(H,21,23). The predicted molar refractivity (Wildman–Crippen MR) is 96.8 cm³/mol. The van der Waals surface area contributed by atoms with Crippen LogP contribution >= 0.6 is 0 Å². The van der Waals surface area contributed by atoms with Gasteiger partial charge in [0.15, 0.2) is 6.61 Å². The molecule has 0 atom stereocenters. The third-order valence-electron chi connectivity index (χ3n) is 3.61. The summed E-state index contributed by atoms with van der Waals surface area (Å²) < 4.78 is 5.41. The first-order chi connectivity index (χ1) is 11.6. The van der Waals surface area contributed by atoms with Crippen molar-refractivity contribution in [1.29, 1.82) is 0 Å². The summed E-state index contributed by atoms with van der Waals surface area (Å²) in [6.07, 6.45) is 0.891. The summed E-state index contributed by atoms with van der Waals surface area (Å²) in [4.78, 5) is 14.0. The van der Waals surface area contributed by atoms with Crippen LogP contribution in [0.4, 0.5) is 5.69 Å². The number of ether oxygens (including phenoxy) is 1. The van der Waals surface area contributed by atoms with Crippen LogP contribution in [0.25, 0.3) is 0 Å². The van der Waals surface area contributed by atoms with E-state index in [0.29, 0.717) is 18.0 Å². The molecule has 0 radical (unpaired) electrons. The van der Waals surface area contributed by atoms with E-state index >= 15 is 0 Å². The maximum Gasteiger partial charge on any atom is 0.257 e. The van der Waals surface area contributed by atoms with Crippen LogP contribution in [0, 0.1) is 0 Å². The lowest BCUT2D eigenvalue weighted by molar-refractivity contribution is -0.123. The first-order valence-electron chi connectivity index (χ1n) is 8.11. The lowest BCUT2D eigenvalue weighted by atomic mass is 10.2. The van der Waals surface area contributed by atoms with Crippen molar-refractivity contribution < 1.29 is 9.53 Å². The van der Waals surface area contributed by atoms with Crippen molar-refractivity contribution in [3.8, 4) is 5.75 Å². The molecule has 0 aromatic heterocycles. The molecule has 0 saturated carbocycles. The SMILES string of the molecule is CN(CCCNC(=O)COc1ccccc1N)Cc1ccccc1. The number of nitrogens with two attached hydrogens (primary N) is 1. The minimum absolute atomic E-state index is 0.0198. The highest BCUT2D eigenvalue weighted by molar-refractivity contribution is 5.77. The Bertz CT molecular complexity index is 632. The van der Waals surface area contributed by atoms with Gasteiger partial charge in [-0.15, -0.1) is 0 Å². The Morgan fingerprint density at radius 3 is 2.58 bits per heavy atom. The lowest BCUT2D eigenvalue weighted by Gasteiger charge is -2.16. The summed E-state index contributed by atoms with van der Waals surface area (Å²) >= 11 is 0. The van der Waals surface area contributed by atoms with Crippen molar-refractivity contribution in [2.45, 2.75) is 13.0 Å². The first kappa shape index (κ1) is 17.8. The molecule has 0 heterocycles. The van der Waals surface area contributed by atoms with Gasteiger partial charge in [0.05, 0.1) is 5.69 Å². The fourth-order valence-corrected chi connectivity index (χ4v) is 2.36. The smallest absolute Gasteiger partial charge is 0.257 e. The maximum atomic E-state index is 11.8. The summed E-state index contributed by atoms with van der Waals surface area (Å²) in [5.41, 5.74) is 7.59. The highest BCUT2D eigenvalue weighted by Gasteiger charge is 2.05. The summed E-state index contributed by atoms with van der Waals surface area (Å²) in [5.74, 6) is 0.402. The van der Waals surface area contributed by atoms with E-state index in [9.17, 15) is 4.79 Å². The third-order valence-corrected chi connectivity index (χ3v) is 3.61. The number of para-hydroxylation sites is 2. The molecule has 128 valence electrons. The number of hydrogen-bond acceptors (Lipinski definition) is 4. The van der Waals surface area contributed by atoms with Crippen molar-refractivity contribution in [3.05, 3.63) is 60.2 Å². The van der Waals surface area contributed by atoms with Crippen LogP contribution in [0.1, 0.15) is 12.0 Å². The molecule has 1 amide bonds. The zero-order chi connectivity index (χ0) is 17.2. The molecule has 0 bridgehead atoms. The molecule has 3 N–H and O–H groups in total. The van der Waals surface area contributed by atoms with Gasteiger partial charge in [-0.05, 0) is 37.7 Å². The molecule has 2 aromatic carbocycles. The average Bonchev–Trinajstić information content (AvgIpc) is 2.59. The van der Waals surface area contributed by atoms with Gasteiger partial charge in [-0.25, -0.2) is 0 Å². The van der Waals surface area contributed by atoms with Crippen LogP contribution in [0.3, 0.4) is 0 Å². The Hall–Kier alpha value is -2.53. The summed E-state index contributed by atoms with van der Waals surface area (Å²) in [6, 6.07) is 17.5. The van der Waals surface area contributed by atoms with Gasteiger partial charge in [0, 0.05) is 13.1 Å². The fraction of sp³-hybridized carbons (Fsp3) is 0.316. The second-order valence-electron chi connectivity index (χ2n) is 5.75. The number of rotatable bonds is 9. The number of anilines is 1. The van der Waals surface area contributed by atoms with Crippen molar-refractivity contribution in [2.75, 3.05) is 32.5 Å². The average molecular weight is 327 g/mol. The van der Waals surface area contributed by atoms with Crippen molar-refractivity contribution >= 4 is 11.6 Å². The second kappa shape index (κ2) is 9.57. The summed E-state index contributed by atoms with van der Waals surface area (Å²) in [6.45, 7) is 2.44. The predicted octanol–water partition coefficient (Wildman–Crippen LogP) is 2.29. The van der Waals surface area contributed by atoms with E-state index in [1.54, 1.807) is 12.1 Å².